The Kier molecular flexibility index (Phi) is 4.16. The number of benzene rings is 1. The zero-order chi connectivity index (χ0) is 13.7. The summed E-state index contributed by atoms with van der Waals surface area (Å²) in [5, 5.41) is 12.9. The van der Waals surface area contributed by atoms with Gasteiger partial charge in [-0.2, -0.15) is 0 Å². The lowest BCUT2D eigenvalue weighted by atomic mass is 10.1. The first-order valence-electron chi connectivity index (χ1n) is 4.77. The fourth-order valence-corrected chi connectivity index (χ4v) is 1.22. The van der Waals surface area contributed by atoms with Gasteiger partial charge in [0.25, 0.3) is 11.6 Å². The molecule has 1 rings (SSSR count). The standard InChI is InChI=1S/C9H11N5O4/c10-8(15)4-12-9(16)5-1-2-7(14(17)18)6(3-5)13-11/h1-3,13H,4,11H2,(H2,10,15)(H,12,16). The summed E-state index contributed by atoms with van der Waals surface area (Å²) in [5.41, 5.74) is 6.84. The highest BCUT2D eigenvalue weighted by atomic mass is 16.6. The number of amides is 2. The van der Waals surface area contributed by atoms with Crippen molar-refractivity contribution < 1.29 is 14.5 Å². The molecule has 1 aromatic rings. The van der Waals surface area contributed by atoms with E-state index in [1.165, 1.54) is 12.1 Å². The van der Waals surface area contributed by atoms with E-state index in [1.807, 2.05) is 0 Å². The molecule has 0 aliphatic heterocycles. The summed E-state index contributed by atoms with van der Waals surface area (Å²) in [4.78, 5) is 32.0. The van der Waals surface area contributed by atoms with Gasteiger partial charge >= 0.3 is 0 Å². The normalized spacial score (nSPS) is 9.61. The predicted octanol–water partition coefficient (Wildman–Crippen LogP) is -0.904. The largest absolute Gasteiger partial charge is 0.368 e. The van der Waals surface area contributed by atoms with E-state index in [4.69, 9.17) is 11.6 Å². The molecule has 0 bridgehead atoms. The monoisotopic (exact) mass is 253 g/mol. The number of nitrogens with one attached hydrogen (secondary N) is 2. The van der Waals surface area contributed by atoms with Crippen LogP contribution in [0.2, 0.25) is 0 Å². The first kappa shape index (κ1) is 13.4. The molecule has 0 saturated carbocycles. The van der Waals surface area contributed by atoms with Crippen molar-refractivity contribution in [3.8, 4) is 0 Å². The lowest BCUT2D eigenvalue weighted by Crippen LogP contribution is -2.33. The number of hydrazine groups is 1. The highest BCUT2D eigenvalue weighted by Gasteiger charge is 2.16. The van der Waals surface area contributed by atoms with Crippen LogP contribution in [-0.2, 0) is 4.79 Å². The fourth-order valence-electron chi connectivity index (χ4n) is 1.22. The Morgan fingerprint density at radius 1 is 1.39 bits per heavy atom. The summed E-state index contributed by atoms with van der Waals surface area (Å²) in [6.45, 7) is -0.318. The van der Waals surface area contributed by atoms with Crippen LogP contribution in [0, 0.1) is 10.1 Å². The first-order chi connectivity index (χ1) is 8.45. The molecule has 6 N–H and O–H groups in total. The molecule has 0 radical (unpaired) electrons. The molecule has 1 aromatic carbocycles. The van der Waals surface area contributed by atoms with Crippen molar-refractivity contribution in [2.45, 2.75) is 0 Å². The number of hydrogen-bond acceptors (Lipinski definition) is 6. The maximum Gasteiger partial charge on any atom is 0.293 e. The summed E-state index contributed by atoms with van der Waals surface area (Å²) in [7, 11) is 0. The lowest BCUT2D eigenvalue weighted by molar-refractivity contribution is -0.384. The number of nitrogens with zero attached hydrogens (tertiary/aromatic N) is 1. The van der Waals surface area contributed by atoms with E-state index in [1.54, 1.807) is 0 Å². The molecule has 0 aliphatic rings. The van der Waals surface area contributed by atoms with Gasteiger partial charge in [0.2, 0.25) is 5.91 Å². The van der Waals surface area contributed by atoms with Crippen molar-refractivity contribution in [2.24, 2.45) is 11.6 Å². The highest BCUT2D eigenvalue weighted by molar-refractivity contribution is 5.97. The van der Waals surface area contributed by atoms with Gasteiger partial charge in [0, 0.05) is 11.6 Å². The quantitative estimate of drug-likeness (QED) is 0.303. The maximum atomic E-state index is 11.5. The Balaban J connectivity index is 2.94. The Morgan fingerprint density at radius 2 is 2.06 bits per heavy atom. The number of anilines is 1. The number of primary amides is 1. The summed E-state index contributed by atoms with van der Waals surface area (Å²) in [6, 6.07) is 3.58. The van der Waals surface area contributed by atoms with Crippen LogP contribution in [-0.4, -0.2) is 23.3 Å². The van der Waals surface area contributed by atoms with Gasteiger partial charge in [-0.3, -0.25) is 25.5 Å². The Labute approximate surface area is 101 Å². The summed E-state index contributed by atoms with van der Waals surface area (Å²) in [5.74, 6) is 3.84. The third kappa shape index (κ3) is 3.15. The van der Waals surface area contributed by atoms with Crippen molar-refractivity contribution in [1.82, 2.24) is 5.32 Å². The smallest absolute Gasteiger partial charge is 0.293 e. The molecule has 0 saturated heterocycles. The van der Waals surface area contributed by atoms with Crippen molar-refractivity contribution in [3.63, 3.8) is 0 Å². The minimum absolute atomic E-state index is 0.00766. The molecule has 0 unspecified atom stereocenters. The fraction of sp³-hybridized carbons (Fsp3) is 0.111. The second-order valence-corrected chi connectivity index (χ2v) is 3.28. The highest BCUT2D eigenvalue weighted by Crippen LogP contribution is 2.24. The number of rotatable bonds is 5. The molecule has 0 heterocycles. The minimum Gasteiger partial charge on any atom is -0.368 e. The van der Waals surface area contributed by atoms with Gasteiger partial charge in [0.15, 0.2) is 0 Å². The van der Waals surface area contributed by atoms with Crippen LogP contribution < -0.4 is 22.3 Å². The molecule has 0 aromatic heterocycles. The van der Waals surface area contributed by atoms with Crippen LogP contribution in [0.15, 0.2) is 18.2 Å². The average Bonchev–Trinajstić information content (AvgIpc) is 2.34. The summed E-state index contributed by atoms with van der Waals surface area (Å²) >= 11 is 0. The van der Waals surface area contributed by atoms with E-state index in [2.05, 4.69) is 10.7 Å². The maximum absolute atomic E-state index is 11.5. The van der Waals surface area contributed by atoms with Gasteiger partial charge in [-0.25, -0.2) is 0 Å². The number of carbonyl (C=O) groups is 2. The SMILES string of the molecule is NNc1cc(C(=O)NCC(N)=O)ccc1[N+](=O)[O-]. The number of carbonyl (C=O) groups excluding carboxylic acids is 2. The van der Waals surface area contributed by atoms with E-state index in [0.717, 1.165) is 6.07 Å². The second-order valence-electron chi connectivity index (χ2n) is 3.28. The van der Waals surface area contributed by atoms with Gasteiger partial charge in [-0.15, -0.1) is 0 Å². The van der Waals surface area contributed by atoms with Crippen LogP contribution in [0.4, 0.5) is 11.4 Å². The molecule has 18 heavy (non-hydrogen) atoms. The first-order valence-corrected chi connectivity index (χ1v) is 4.77. The number of nitrogens with two attached hydrogens (primary N) is 2. The third-order valence-electron chi connectivity index (χ3n) is 2.03. The number of nitro groups is 1. The molecular formula is C9H11N5O4. The van der Waals surface area contributed by atoms with Crippen LogP contribution in [0.5, 0.6) is 0 Å². The molecule has 0 spiro atoms. The van der Waals surface area contributed by atoms with Crippen LogP contribution >= 0.6 is 0 Å². The third-order valence-corrected chi connectivity index (χ3v) is 2.03. The van der Waals surface area contributed by atoms with Crippen molar-refractivity contribution in [3.05, 3.63) is 33.9 Å². The predicted molar refractivity (Wildman–Crippen MR) is 62.4 cm³/mol. The topological polar surface area (TPSA) is 153 Å². The van der Waals surface area contributed by atoms with Gasteiger partial charge < -0.3 is 16.5 Å². The van der Waals surface area contributed by atoms with Crippen LogP contribution in [0.1, 0.15) is 10.4 Å². The zero-order valence-corrected chi connectivity index (χ0v) is 9.17. The van der Waals surface area contributed by atoms with Crippen molar-refractivity contribution in [1.29, 1.82) is 0 Å². The molecule has 2 amide bonds. The van der Waals surface area contributed by atoms with Crippen LogP contribution in [0.25, 0.3) is 0 Å². The number of nitro benzene ring substituents is 1. The van der Waals surface area contributed by atoms with E-state index in [0.29, 0.717) is 0 Å². The van der Waals surface area contributed by atoms with E-state index >= 15 is 0 Å². The van der Waals surface area contributed by atoms with Gasteiger partial charge in [-0.05, 0) is 12.1 Å². The van der Waals surface area contributed by atoms with Crippen molar-refractivity contribution in [2.75, 3.05) is 12.0 Å². The molecule has 0 fully saturated rings. The molecule has 0 atom stereocenters. The second kappa shape index (κ2) is 5.59. The summed E-state index contributed by atoms with van der Waals surface area (Å²) in [6.07, 6.45) is 0. The van der Waals surface area contributed by atoms with E-state index < -0.39 is 16.7 Å². The lowest BCUT2D eigenvalue weighted by Gasteiger charge is -2.06. The van der Waals surface area contributed by atoms with Crippen LogP contribution in [0.3, 0.4) is 0 Å². The van der Waals surface area contributed by atoms with E-state index in [9.17, 15) is 19.7 Å². The molecule has 96 valence electrons. The minimum atomic E-state index is -0.692. The van der Waals surface area contributed by atoms with E-state index in [-0.39, 0.29) is 23.5 Å². The number of hydrogen-bond donors (Lipinski definition) is 4. The molecular weight excluding hydrogens is 242 g/mol. The Bertz CT molecular complexity index is 502. The molecule has 9 nitrogen and oxygen atoms in total. The van der Waals surface area contributed by atoms with Gasteiger partial charge in [-0.1, -0.05) is 0 Å². The van der Waals surface area contributed by atoms with Gasteiger partial charge in [0.05, 0.1) is 11.5 Å². The average molecular weight is 253 g/mol. The summed E-state index contributed by atoms with van der Waals surface area (Å²) < 4.78 is 0. The van der Waals surface area contributed by atoms with Gasteiger partial charge in [0.1, 0.15) is 5.69 Å². The van der Waals surface area contributed by atoms with Crippen molar-refractivity contribution >= 4 is 23.2 Å². The molecule has 9 heteroatoms. The Morgan fingerprint density at radius 3 is 2.56 bits per heavy atom. The Hall–Kier alpha value is -2.68. The number of nitrogen functional groups attached to an aromatic ring is 1. The zero-order valence-electron chi connectivity index (χ0n) is 9.17. The molecule has 0 aliphatic carbocycles.